The quantitative estimate of drug-likeness (QED) is 0.599. The van der Waals surface area contributed by atoms with Crippen molar-refractivity contribution in [2.24, 2.45) is 5.92 Å². The molecule has 1 atom stereocenters. The smallest absolute Gasteiger partial charge is 0.275 e. The van der Waals surface area contributed by atoms with Gasteiger partial charge in [-0.3, -0.25) is 10.1 Å². The van der Waals surface area contributed by atoms with Crippen molar-refractivity contribution in [3.05, 3.63) is 28.3 Å². The summed E-state index contributed by atoms with van der Waals surface area (Å²) in [5, 5.41) is 23.1. The molecule has 0 saturated carbocycles. The molecule has 1 rings (SSSR count). The van der Waals surface area contributed by atoms with Crippen LogP contribution in [0.15, 0.2) is 18.2 Å². The van der Waals surface area contributed by atoms with Gasteiger partial charge in [0.15, 0.2) is 0 Å². The standard InChI is InChI=1S/C12H18N2O4/c1-8(2)12(7-15)13-9-4-10(14(16)17)6-11(5-9)18-3/h4-6,8,12-13,15H,7H2,1-3H3/t12-/m1/s1. The first-order valence-corrected chi connectivity index (χ1v) is 5.68. The molecule has 18 heavy (non-hydrogen) atoms. The van der Waals surface area contributed by atoms with Gasteiger partial charge in [-0.05, 0) is 5.92 Å². The Balaban J connectivity index is 3.00. The average Bonchev–Trinajstić information content (AvgIpc) is 2.34. The van der Waals surface area contributed by atoms with Gasteiger partial charge < -0.3 is 15.2 Å². The Kier molecular flexibility index (Phi) is 4.91. The van der Waals surface area contributed by atoms with Crippen LogP contribution < -0.4 is 10.1 Å². The van der Waals surface area contributed by atoms with Crippen molar-refractivity contribution in [2.75, 3.05) is 19.0 Å². The lowest BCUT2D eigenvalue weighted by atomic mass is 10.1. The molecule has 0 saturated heterocycles. The molecule has 0 heterocycles. The minimum absolute atomic E-state index is 0.0390. The van der Waals surface area contributed by atoms with E-state index in [1.165, 1.54) is 19.2 Å². The van der Waals surface area contributed by atoms with E-state index in [9.17, 15) is 15.2 Å². The van der Waals surface area contributed by atoms with Gasteiger partial charge in [-0.15, -0.1) is 0 Å². The molecule has 2 N–H and O–H groups in total. The molecule has 1 aromatic rings. The van der Waals surface area contributed by atoms with Crippen LogP contribution in [0.3, 0.4) is 0 Å². The van der Waals surface area contributed by atoms with Crippen LogP contribution in [0.25, 0.3) is 0 Å². The monoisotopic (exact) mass is 254 g/mol. The van der Waals surface area contributed by atoms with Crippen LogP contribution in [0.1, 0.15) is 13.8 Å². The number of aliphatic hydroxyl groups is 1. The highest BCUT2D eigenvalue weighted by Gasteiger charge is 2.15. The Morgan fingerprint density at radius 1 is 1.44 bits per heavy atom. The van der Waals surface area contributed by atoms with E-state index in [4.69, 9.17) is 4.74 Å². The molecule has 0 spiro atoms. The summed E-state index contributed by atoms with van der Waals surface area (Å²) in [4.78, 5) is 10.3. The van der Waals surface area contributed by atoms with Crippen molar-refractivity contribution in [3.63, 3.8) is 0 Å². The fourth-order valence-corrected chi connectivity index (χ4v) is 1.53. The maximum Gasteiger partial charge on any atom is 0.275 e. The van der Waals surface area contributed by atoms with E-state index in [2.05, 4.69) is 5.32 Å². The minimum atomic E-state index is -0.475. The molecule has 0 bridgehead atoms. The molecule has 0 amide bonds. The topological polar surface area (TPSA) is 84.6 Å². The van der Waals surface area contributed by atoms with Crippen molar-refractivity contribution >= 4 is 11.4 Å². The number of benzene rings is 1. The Labute approximate surface area is 106 Å². The first kappa shape index (κ1) is 14.2. The van der Waals surface area contributed by atoms with Gasteiger partial charge in [-0.25, -0.2) is 0 Å². The second-order valence-electron chi connectivity index (χ2n) is 4.35. The van der Waals surface area contributed by atoms with Crippen LogP contribution in [-0.4, -0.2) is 29.8 Å². The number of non-ortho nitro benzene ring substituents is 1. The number of aliphatic hydroxyl groups excluding tert-OH is 1. The number of methoxy groups -OCH3 is 1. The summed E-state index contributed by atoms with van der Waals surface area (Å²) in [6.07, 6.45) is 0. The van der Waals surface area contributed by atoms with Gasteiger partial charge in [0, 0.05) is 17.8 Å². The lowest BCUT2D eigenvalue weighted by Gasteiger charge is -2.21. The number of nitrogens with zero attached hydrogens (tertiary/aromatic N) is 1. The van der Waals surface area contributed by atoms with Crippen molar-refractivity contribution < 1.29 is 14.8 Å². The second kappa shape index (κ2) is 6.20. The van der Waals surface area contributed by atoms with E-state index in [0.717, 1.165) is 0 Å². The van der Waals surface area contributed by atoms with Gasteiger partial charge in [0.25, 0.3) is 5.69 Å². The minimum Gasteiger partial charge on any atom is -0.496 e. The number of hydrogen-bond acceptors (Lipinski definition) is 5. The first-order valence-electron chi connectivity index (χ1n) is 5.68. The van der Waals surface area contributed by atoms with Crippen molar-refractivity contribution in [2.45, 2.75) is 19.9 Å². The van der Waals surface area contributed by atoms with Crippen molar-refractivity contribution in [1.29, 1.82) is 0 Å². The fourth-order valence-electron chi connectivity index (χ4n) is 1.53. The van der Waals surface area contributed by atoms with Crippen LogP contribution >= 0.6 is 0 Å². The first-order chi connectivity index (χ1) is 8.47. The molecular formula is C12H18N2O4. The number of rotatable bonds is 6. The van der Waals surface area contributed by atoms with Crippen molar-refractivity contribution in [1.82, 2.24) is 0 Å². The SMILES string of the molecule is COc1cc(N[C@H](CO)C(C)C)cc([N+](=O)[O-])c1. The van der Waals surface area contributed by atoms with Gasteiger partial charge in [0.05, 0.1) is 30.7 Å². The van der Waals surface area contributed by atoms with Crippen LogP contribution in [0, 0.1) is 16.0 Å². The highest BCUT2D eigenvalue weighted by atomic mass is 16.6. The van der Waals surface area contributed by atoms with E-state index in [1.807, 2.05) is 13.8 Å². The van der Waals surface area contributed by atoms with Crippen LogP contribution in [0.2, 0.25) is 0 Å². The molecule has 0 aliphatic heterocycles. The summed E-state index contributed by atoms with van der Waals surface area (Å²) in [7, 11) is 1.45. The van der Waals surface area contributed by atoms with E-state index in [-0.39, 0.29) is 24.3 Å². The molecule has 0 unspecified atom stereocenters. The third-order valence-corrected chi connectivity index (χ3v) is 2.69. The summed E-state index contributed by atoms with van der Waals surface area (Å²) in [6, 6.07) is 4.29. The van der Waals surface area contributed by atoms with E-state index in [0.29, 0.717) is 11.4 Å². The molecule has 0 fully saturated rings. The molecule has 0 radical (unpaired) electrons. The lowest BCUT2D eigenvalue weighted by Crippen LogP contribution is -2.29. The number of nitrogens with one attached hydrogen (secondary N) is 1. The zero-order valence-electron chi connectivity index (χ0n) is 10.7. The Bertz CT molecular complexity index is 421. The molecule has 1 aromatic carbocycles. The van der Waals surface area contributed by atoms with Crippen LogP contribution in [-0.2, 0) is 0 Å². The van der Waals surface area contributed by atoms with E-state index < -0.39 is 4.92 Å². The molecule has 0 aliphatic rings. The maximum absolute atomic E-state index is 10.8. The molecule has 0 aromatic heterocycles. The lowest BCUT2D eigenvalue weighted by molar-refractivity contribution is -0.384. The summed E-state index contributed by atoms with van der Waals surface area (Å²) in [6.45, 7) is 3.88. The highest BCUT2D eigenvalue weighted by Crippen LogP contribution is 2.26. The molecular weight excluding hydrogens is 236 g/mol. The summed E-state index contributed by atoms with van der Waals surface area (Å²) in [5.41, 5.74) is 0.520. The summed E-state index contributed by atoms with van der Waals surface area (Å²) >= 11 is 0. The summed E-state index contributed by atoms with van der Waals surface area (Å²) < 4.78 is 5.01. The fraction of sp³-hybridized carbons (Fsp3) is 0.500. The van der Waals surface area contributed by atoms with E-state index in [1.54, 1.807) is 6.07 Å². The zero-order valence-corrected chi connectivity index (χ0v) is 10.7. The average molecular weight is 254 g/mol. The van der Waals surface area contributed by atoms with Gasteiger partial charge in [-0.1, -0.05) is 13.8 Å². The number of hydrogen-bond donors (Lipinski definition) is 2. The van der Waals surface area contributed by atoms with Crippen LogP contribution in [0.5, 0.6) is 5.75 Å². The predicted octanol–water partition coefficient (Wildman–Crippen LogP) is 2.03. The van der Waals surface area contributed by atoms with Crippen molar-refractivity contribution in [3.8, 4) is 5.75 Å². The third kappa shape index (κ3) is 3.59. The summed E-state index contributed by atoms with van der Waals surface area (Å²) in [5.74, 6) is 0.618. The highest BCUT2D eigenvalue weighted by molar-refractivity contribution is 5.56. The number of anilines is 1. The molecule has 100 valence electrons. The predicted molar refractivity (Wildman–Crippen MR) is 69.0 cm³/mol. The Hall–Kier alpha value is -1.82. The number of ether oxygens (including phenoxy) is 1. The molecule has 6 nitrogen and oxygen atoms in total. The van der Waals surface area contributed by atoms with Gasteiger partial charge >= 0.3 is 0 Å². The van der Waals surface area contributed by atoms with Crippen LogP contribution in [0.4, 0.5) is 11.4 Å². The normalized spacial score (nSPS) is 12.3. The molecule has 6 heteroatoms. The maximum atomic E-state index is 10.8. The van der Waals surface area contributed by atoms with Gasteiger partial charge in [0.1, 0.15) is 5.75 Å². The molecule has 0 aliphatic carbocycles. The van der Waals surface area contributed by atoms with Gasteiger partial charge in [0.2, 0.25) is 0 Å². The largest absolute Gasteiger partial charge is 0.496 e. The number of nitro groups is 1. The third-order valence-electron chi connectivity index (χ3n) is 2.69. The Morgan fingerprint density at radius 3 is 2.56 bits per heavy atom. The zero-order chi connectivity index (χ0) is 13.7. The number of nitro benzene ring substituents is 1. The van der Waals surface area contributed by atoms with Gasteiger partial charge in [-0.2, -0.15) is 0 Å². The second-order valence-corrected chi connectivity index (χ2v) is 4.35. The Morgan fingerprint density at radius 2 is 2.11 bits per heavy atom. The van der Waals surface area contributed by atoms with E-state index >= 15 is 0 Å².